The van der Waals surface area contributed by atoms with Gasteiger partial charge in [-0.3, -0.25) is 9.63 Å². The van der Waals surface area contributed by atoms with Crippen molar-refractivity contribution in [1.29, 1.82) is 0 Å². The molecule has 3 atom stereocenters. The molecule has 2 saturated heterocycles. The fourth-order valence-electron chi connectivity index (χ4n) is 3.47. The van der Waals surface area contributed by atoms with E-state index in [0.717, 1.165) is 12.0 Å². The number of benzene rings is 1. The van der Waals surface area contributed by atoms with Crippen molar-refractivity contribution in [2.45, 2.75) is 31.4 Å². The van der Waals surface area contributed by atoms with Gasteiger partial charge in [-0.2, -0.15) is 0 Å². The third-order valence-corrected chi connectivity index (χ3v) is 4.33. The van der Waals surface area contributed by atoms with Crippen molar-refractivity contribution in [2.75, 3.05) is 13.2 Å². The maximum absolute atomic E-state index is 14.3. The van der Waals surface area contributed by atoms with Gasteiger partial charge in [-0.05, 0) is 6.07 Å². The van der Waals surface area contributed by atoms with E-state index >= 15 is 0 Å². The molecule has 2 aliphatic heterocycles. The van der Waals surface area contributed by atoms with Crippen molar-refractivity contribution in [3.8, 4) is 0 Å². The molecule has 22 heavy (non-hydrogen) atoms. The number of hydroxylamine groups is 2. The molecule has 1 unspecified atom stereocenters. The van der Waals surface area contributed by atoms with Crippen molar-refractivity contribution >= 4 is 5.91 Å². The molecule has 0 saturated carbocycles. The lowest BCUT2D eigenvalue weighted by molar-refractivity contribution is -0.196. The summed E-state index contributed by atoms with van der Waals surface area (Å²) in [7, 11) is 0. The zero-order valence-corrected chi connectivity index (χ0v) is 12.2. The van der Waals surface area contributed by atoms with Crippen LogP contribution in [-0.4, -0.2) is 36.2 Å². The Kier molecular flexibility index (Phi) is 3.45. The molecule has 3 rings (SSSR count). The summed E-state index contributed by atoms with van der Waals surface area (Å²) in [5, 5.41) is 0.988. The van der Waals surface area contributed by atoms with Gasteiger partial charge in [-0.15, -0.1) is 0 Å². The summed E-state index contributed by atoms with van der Waals surface area (Å²) in [6.45, 7) is 1.65. The van der Waals surface area contributed by atoms with Crippen LogP contribution in [0.15, 0.2) is 24.3 Å². The summed E-state index contributed by atoms with van der Waals surface area (Å²) in [6.07, 6.45) is -1.43. The molecule has 2 heterocycles. The number of carbonyl (C=O) groups is 1. The lowest BCUT2D eigenvalue weighted by atomic mass is 9.77. The first-order valence-corrected chi connectivity index (χ1v) is 6.96. The number of ether oxygens (including phenoxy) is 1. The average Bonchev–Trinajstić information content (AvgIpc) is 2.94. The van der Waals surface area contributed by atoms with E-state index in [9.17, 15) is 18.0 Å². The molecule has 7 heteroatoms. The van der Waals surface area contributed by atoms with Crippen molar-refractivity contribution in [2.24, 2.45) is 5.92 Å². The molecule has 0 aliphatic carbocycles. The monoisotopic (exact) mass is 315 g/mol. The number of halogens is 3. The van der Waals surface area contributed by atoms with Crippen LogP contribution in [0.4, 0.5) is 13.2 Å². The zero-order chi connectivity index (χ0) is 16.1. The van der Waals surface area contributed by atoms with Crippen LogP contribution in [0.25, 0.3) is 0 Å². The Morgan fingerprint density at radius 3 is 2.68 bits per heavy atom. The summed E-state index contributed by atoms with van der Waals surface area (Å²) in [6, 6.07) is 5.81. The number of alkyl halides is 2. The quantitative estimate of drug-likeness (QED) is 0.842. The van der Waals surface area contributed by atoms with E-state index in [0.29, 0.717) is 0 Å². The van der Waals surface area contributed by atoms with Crippen LogP contribution in [0.3, 0.4) is 0 Å². The molecule has 2 fully saturated rings. The Hall–Kier alpha value is -1.60. The van der Waals surface area contributed by atoms with Gasteiger partial charge in [0.25, 0.3) is 5.92 Å². The first kappa shape index (κ1) is 15.3. The van der Waals surface area contributed by atoms with Crippen LogP contribution in [0.1, 0.15) is 19.4 Å². The highest BCUT2D eigenvalue weighted by molar-refractivity contribution is 5.74. The van der Waals surface area contributed by atoms with E-state index < -0.39 is 35.2 Å². The normalized spacial score (nSPS) is 31.4. The number of hydrogen-bond donors (Lipinski definition) is 0. The third-order valence-electron chi connectivity index (χ3n) is 4.33. The van der Waals surface area contributed by atoms with Crippen molar-refractivity contribution < 1.29 is 27.5 Å². The van der Waals surface area contributed by atoms with E-state index in [1.807, 2.05) is 0 Å². The highest BCUT2D eigenvalue weighted by Crippen LogP contribution is 2.52. The average molecular weight is 315 g/mol. The molecule has 1 aromatic rings. The number of rotatable bonds is 2. The first-order valence-electron chi connectivity index (χ1n) is 6.96. The highest BCUT2D eigenvalue weighted by Gasteiger charge is 2.65. The van der Waals surface area contributed by atoms with Gasteiger partial charge >= 0.3 is 0 Å². The van der Waals surface area contributed by atoms with Gasteiger partial charge in [0.15, 0.2) is 0 Å². The SMILES string of the molecule is CC(=O)N1OC[C@@H]2C(C(C)(F)F)OC[C@@]21c1ccccc1F. The number of carbonyl (C=O) groups excluding carboxylic acids is 1. The summed E-state index contributed by atoms with van der Waals surface area (Å²) >= 11 is 0. The maximum atomic E-state index is 14.3. The molecule has 2 aliphatic rings. The van der Waals surface area contributed by atoms with Crippen molar-refractivity contribution in [1.82, 2.24) is 5.06 Å². The number of nitrogens with zero attached hydrogens (tertiary/aromatic N) is 1. The maximum Gasteiger partial charge on any atom is 0.271 e. The summed E-state index contributed by atoms with van der Waals surface area (Å²) in [4.78, 5) is 17.2. The Morgan fingerprint density at radius 1 is 1.41 bits per heavy atom. The molecule has 0 radical (unpaired) electrons. The fourth-order valence-corrected chi connectivity index (χ4v) is 3.47. The van der Waals surface area contributed by atoms with Gasteiger partial charge in [-0.1, -0.05) is 18.2 Å². The molecule has 4 nitrogen and oxygen atoms in total. The Morgan fingerprint density at radius 2 is 2.09 bits per heavy atom. The van der Waals surface area contributed by atoms with Gasteiger partial charge < -0.3 is 4.74 Å². The molecule has 0 aromatic heterocycles. The molecule has 0 spiro atoms. The zero-order valence-electron chi connectivity index (χ0n) is 12.2. The standard InChI is InChI=1S/C15H16F3NO3/c1-9(20)19-15(10-5-3-4-6-12(10)16)8-21-13(14(2,17)18)11(15)7-22-19/h3-6,11,13H,7-8H2,1-2H3/t11-,13?,15-/m1/s1. The van der Waals surface area contributed by atoms with Crippen LogP contribution >= 0.6 is 0 Å². The summed E-state index contributed by atoms with van der Waals surface area (Å²) in [5.41, 5.74) is -1.22. The molecule has 0 N–H and O–H groups in total. The van der Waals surface area contributed by atoms with Crippen LogP contribution in [0, 0.1) is 11.7 Å². The van der Waals surface area contributed by atoms with Crippen LogP contribution in [-0.2, 0) is 19.9 Å². The van der Waals surface area contributed by atoms with E-state index in [2.05, 4.69) is 0 Å². The summed E-state index contributed by atoms with van der Waals surface area (Å²) < 4.78 is 47.2. The summed E-state index contributed by atoms with van der Waals surface area (Å²) in [5.74, 6) is -5.01. The first-order chi connectivity index (χ1) is 10.3. The van der Waals surface area contributed by atoms with Crippen molar-refractivity contribution in [3.05, 3.63) is 35.6 Å². The number of amides is 1. The molecular formula is C15H16F3NO3. The predicted molar refractivity (Wildman–Crippen MR) is 70.4 cm³/mol. The minimum Gasteiger partial charge on any atom is -0.369 e. The molecule has 1 aromatic carbocycles. The Balaban J connectivity index is 2.14. The highest BCUT2D eigenvalue weighted by atomic mass is 19.3. The van der Waals surface area contributed by atoms with Gasteiger partial charge in [0, 0.05) is 25.3 Å². The van der Waals surface area contributed by atoms with Crippen molar-refractivity contribution in [3.63, 3.8) is 0 Å². The molecule has 1 amide bonds. The second-order valence-corrected chi connectivity index (χ2v) is 5.81. The van der Waals surface area contributed by atoms with Gasteiger partial charge in [0.05, 0.1) is 13.2 Å². The van der Waals surface area contributed by atoms with E-state index in [1.54, 1.807) is 6.07 Å². The molecule has 0 bridgehead atoms. The van der Waals surface area contributed by atoms with Gasteiger partial charge in [0.2, 0.25) is 5.91 Å². The van der Waals surface area contributed by atoms with E-state index in [-0.39, 0.29) is 18.8 Å². The van der Waals surface area contributed by atoms with Crippen LogP contribution < -0.4 is 0 Å². The molecule has 120 valence electrons. The van der Waals surface area contributed by atoms with Crippen LogP contribution in [0.5, 0.6) is 0 Å². The number of fused-ring (bicyclic) bond motifs is 1. The van der Waals surface area contributed by atoms with E-state index in [4.69, 9.17) is 9.57 Å². The smallest absolute Gasteiger partial charge is 0.271 e. The second kappa shape index (κ2) is 4.96. The minimum absolute atomic E-state index is 0.123. The lowest BCUT2D eigenvalue weighted by Gasteiger charge is -2.35. The number of hydrogen-bond acceptors (Lipinski definition) is 3. The second-order valence-electron chi connectivity index (χ2n) is 5.81. The van der Waals surface area contributed by atoms with Gasteiger partial charge in [-0.25, -0.2) is 18.2 Å². The third kappa shape index (κ3) is 2.03. The topological polar surface area (TPSA) is 38.8 Å². The van der Waals surface area contributed by atoms with E-state index in [1.165, 1.54) is 25.1 Å². The Labute approximate surface area is 125 Å². The van der Waals surface area contributed by atoms with Crippen LogP contribution in [0.2, 0.25) is 0 Å². The molecular weight excluding hydrogens is 299 g/mol. The largest absolute Gasteiger partial charge is 0.369 e. The minimum atomic E-state index is -3.12. The predicted octanol–water partition coefficient (Wildman–Crippen LogP) is 2.48. The fraction of sp³-hybridized carbons (Fsp3) is 0.533. The lowest BCUT2D eigenvalue weighted by Crippen LogP contribution is -2.49. The van der Waals surface area contributed by atoms with Gasteiger partial charge in [0.1, 0.15) is 17.5 Å². The Bertz CT molecular complexity index is 604.